The van der Waals surface area contributed by atoms with Gasteiger partial charge in [-0.2, -0.15) is 4.31 Å². The van der Waals surface area contributed by atoms with Crippen molar-refractivity contribution in [3.63, 3.8) is 0 Å². The van der Waals surface area contributed by atoms with Crippen LogP contribution in [0.3, 0.4) is 0 Å². The second kappa shape index (κ2) is 12.3. The maximum Gasteiger partial charge on any atom is 0.266 e. The van der Waals surface area contributed by atoms with Crippen molar-refractivity contribution in [3.8, 4) is 11.4 Å². The topological polar surface area (TPSA) is 81.5 Å². The Balaban J connectivity index is 1.67. The number of hydrogen-bond acceptors (Lipinski definition) is 5. The molecule has 5 rings (SSSR count). The second-order valence-electron chi connectivity index (χ2n) is 9.54. The summed E-state index contributed by atoms with van der Waals surface area (Å²) in [5, 5.41) is 0.877. The van der Waals surface area contributed by atoms with Crippen molar-refractivity contribution >= 4 is 32.5 Å². The van der Waals surface area contributed by atoms with Gasteiger partial charge >= 0.3 is 0 Å². The van der Waals surface area contributed by atoms with Gasteiger partial charge in [0.15, 0.2) is 0 Å². The second-order valence-corrected chi connectivity index (χ2v) is 11.9. The number of benzene rings is 4. The fraction of sp³-hybridized carbons (Fsp3) is 0.188. The Morgan fingerprint density at radius 2 is 1.56 bits per heavy atom. The molecule has 0 aliphatic carbocycles. The van der Waals surface area contributed by atoms with Crippen molar-refractivity contribution in [3.05, 3.63) is 130 Å². The largest absolute Gasteiger partial charge is 0.494 e. The zero-order valence-electron chi connectivity index (χ0n) is 22.8. The van der Waals surface area contributed by atoms with Gasteiger partial charge in [0.2, 0.25) is 10.0 Å². The molecule has 0 fully saturated rings. The van der Waals surface area contributed by atoms with Crippen molar-refractivity contribution < 1.29 is 13.2 Å². The third-order valence-electron chi connectivity index (χ3n) is 6.90. The number of nitrogens with zero attached hydrogens (tertiary/aromatic N) is 3. The lowest BCUT2D eigenvalue weighted by molar-refractivity contribution is 0.330. The standard InChI is InChI=1S/C32H30ClN3O4S/c1-3-40-27-17-15-26(16-18-27)36-31(34-30-12-8-7-11-29(30)32(36)37)23(2)35(22-21-24-9-5-4-6-10-24)41(38,39)28-19-13-25(33)14-20-28/h4-20,23H,3,21-22H2,1-2H3. The highest BCUT2D eigenvalue weighted by Crippen LogP contribution is 2.30. The number of aromatic nitrogens is 2. The fourth-order valence-electron chi connectivity index (χ4n) is 4.81. The Labute approximate surface area is 244 Å². The first-order valence-corrected chi connectivity index (χ1v) is 15.2. The molecule has 41 heavy (non-hydrogen) atoms. The lowest BCUT2D eigenvalue weighted by Crippen LogP contribution is -2.38. The smallest absolute Gasteiger partial charge is 0.266 e. The normalized spacial score (nSPS) is 12.5. The van der Waals surface area contributed by atoms with Gasteiger partial charge in [-0.1, -0.05) is 54.1 Å². The van der Waals surface area contributed by atoms with Gasteiger partial charge in [0.05, 0.1) is 34.1 Å². The Bertz CT molecular complexity index is 1810. The zero-order valence-corrected chi connectivity index (χ0v) is 24.3. The third kappa shape index (κ3) is 6.05. The van der Waals surface area contributed by atoms with E-state index in [4.69, 9.17) is 21.3 Å². The van der Waals surface area contributed by atoms with Crippen molar-refractivity contribution in [2.24, 2.45) is 0 Å². The number of sulfonamides is 1. The summed E-state index contributed by atoms with van der Waals surface area (Å²) in [5.41, 5.74) is 1.76. The van der Waals surface area contributed by atoms with Gasteiger partial charge in [0.1, 0.15) is 11.6 Å². The minimum absolute atomic E-state index is 0.109. The van der Waals surface area contributed by atoms with E-state index in [1.807, 2.05) is 43.3 Å². The fourth-order valence-corrected chi connectivity index (χ4v) is 6.53. The van der Waals surface area contributed by atoms with Crippen LogP contribution in [0.2, 0.25) is 5.02 Å². The summed E-state index contributed by atoms with van der Waals surface area (Å²) in [4.78, 5) is 18.9. The van der Waals surface area contributed by atoms with Crippen LogP contribution in [0.25, 0.3) is 16.6 Å². The Morgan fingerprint density at radius 3 is 2.24 bits per heavy atom. The molecule has 7 nitrogen and oxygen atoms in total. The first-order chi connectivity index (χ1) is 19.8. The highest BCUT2D eigenvalue weighted by atomic mass is 35.5. The summed E-state index contributed by atoms with van der Waals surface area (Å²) in [6.07, 6.45) is 0.471. The average Bonchev–Trinajstić information content (AvgIpc) is 2.98. The molecule has 0 aliphatic rings. The molecule has 0 saturated heterocycles. The summed E-state index contributed by atoms with van der Waals surface area (Å²) in [6.45, 7) is 4.34. The van der Waals surface area contributed by atoms with Gasteiger partial charge in [-0.25, -0.2) is 13.4 Å². The molecule has 1 heterocycles. The Morgan fingerprint density at radius 1 is 0.902 bits per heavy atom. The summed E-state index contributed by atoms with van der Waals surface area (Å²) in [5.74, 6) is 0.978. The molecule has 0 radical (unpaired) electrons. The van der Waals surface area contributed by atoms with Crippen LogP contribution in [0.5, 0.6) is 5.75 Å². The van der Waals surface area contributed by atoms with Crippen LogP contribution in [-0.4, -0.2) is 35.4 Å². The van der Waals surface area contributed by atoms with Crippen molar-refractivity contribution in [2.75, 3.05) is 13.2 Å². The molecule has 5 aromatic rings. The van der Waals surface area contributed by atoms with E-state index in [9.17, 15) is 13.2 Å². The van der Waals surface area contributed by atoms with Crippen LogP contribution >= 0.6 is 11.6 Å². The molecule has 4 aromatic carbocycles. The SMILES string of the molecule is CCOc1ccc(-n2c(C(C)N(CCc3ccccc3)S(=O)(=O)c3ccc(Cl)cc3)nc3ccccc3c2=O)cc1. The van der Waals surface area contributed by atoms with Gasteiger partial charge in [-0.3, -0.25) is 9.36 Å². The average molecular weight is 588 g/mol. The van der Waals surface area contributed by atoms with E-state index in [-0.39, 0.29) is 17.0 Å². The quantitative estimate of drug-likeness (QED) is 0.188. The molecule has 0 amide bonds. The number of fused-ring (bicyclic) bond motifs is 1. The lowest BCUT2D eigenvalue weighted by atomic mass is 10.1. The maximum absolute atomic E-state index is 14.1. The van der Waals surface area contributed by atoms with Crippen LogP contribution < -0.4 is 10.3 Å². The van der Waals surface area contributed by atoms with Gasteiger partial charge in [0, 0.05) is 11.6 Å². The first-order valence-electron chi connectivity index (χ1n) is 13.4. The molecule has 0 spiro atoms. The zero-order chi connectivity index (χ0) is 29.0. The lowest BCUT2D eigenvalue weighted by Gasteiger charge is -2.30. The number of rotatable bonds is 10. The number of para-hydroxylation sites is 1. The van der Waals surface area contributed by atoms with Crippen LogP contribution in [0.15, 0.2) is 113 Å². The summed E-state index contributed by atoms with van der Waals surface area (Å²) in [7, 11) is -4.02. The van der Waals surface area contributed by atoms with Crippen LogP contribution in [0, 0.1) is 0 Å². The van der Waals surface area contributed by atoms with Gasteiger partial charge in [-0.05, 0) is 86.5 Å². The molecule has 1 unspecified atom stereocenters. The predicted octanol–water partition coefficient (Wildman–Crippen LogP) is 6.43. The predicted molar refractivity (Wildman–Crippen MR) is 162 cm³/mol. The van der Waals surface area contributed by atoms with Crippen LogP contribution in [0.4, 0.5) is 0 Å². The monoisotopic (exact) mass is 587 g/mol. The summed E-state index contributed by atoms with van der Waals surface area (Å²) >= 11 is 6.07. The van der Waals surface area contributed by atoms with E-state index in [0.29, 0.717) is 46.2 Å². The Hall–Kier alpha value is -3.98. The van der Waals surface area contributed by atoms with Crippen molar-refractivity contribution in [2.45, 2.75) is 31.2 Å². The highest BCUT2D eigenvalue weighted by Gasteiger charge is 2.33. The van der Waals surface area contributed by atoms with E-state index in [1.165, 1.54) is 21.0 Å². The molecule has 1 atom stereocenters. The molecule has 9 heteroatoms. The van der Waals surface area contributed by atoms with Crippen LogP contribution in [0.1, 0.15) is 31.3 Å². The molecule has 1 aromatic heterocycles. The third-order valence-corrected chi connectivity index (χ3v) is 9.13. The van der Waals surface area contributed by atoms with Gasteiger partial charge in [0.25, 0.3) is 5.56 Å². The van der Waals surface area contributed by atoms with E-state index >= 15 is 0 Å². The van der Waals surface area contributed by atoms with E-state index in [1.54, 1.807) is 61.5 Å². The first kappa shape index (κ1) is 28.5. The molecule has 210 valence electrons. The molecule has 0 bridgehead atoms. The summed E-state index contributed by atoms with van der Waals surface area (Å²) < 4.78 is 36.8. The van der Waals surface area contributed by atoms with E-state index in [2.05, 4.69) is 0 Å². The molecular weight excluding hydrogens is 558 g/mol. The van der Waals surface area contributed by atoms with Crippen molar-refractivity contribution in [1.29, 1.82) is 0 Å². The van der Waals surface area contributed by atoms with Crippen molar-refractivity contribution in [1.82, 2.24) is 13.9 Å². The minimum atomic E-state index is -4.02. The molecule has 0 saturated carbocycles. The van der Waals surface area contributed by atoms with E-state index < -0.39 is 16.1 Å². The van der Waals surface area contributed by atoms with Crippen LogP contribution in [-0.2, 0) is 16.4 Å². The maximum atomic E-state index is 14.1. The highest BCUT2D eigenvalue weighted by molar-refractivity contribution is 7.89. The number of hydrogen-bond donors (Lipinski definition) is 0. The molecule has 0 N–H and O–H groups in total. The number of ether oxygens (including phenoxy) is 1. The van der Waals surface area contributed by atoms with E-state index in [0.717, 1.165) is 5.56 Å². The minimum Gasteiger partial charge on any atom is -0.494 e. The molecular formula is C32H30ClN3O4S. The summed E-state index contributed by atoms with van der Waals surface area (Å²) in [6, 6.07) is 29.2. The number of halogens is 1. The van der Waals surface area contributed by atoms with Gasteiger partial charge in [-0.15, -0.1) is 0 Å². The molecule has 0 aliphatic heterocycles. The Kier molecular flexibility index (Phi) is 8.54. The van der Waals surface area contributed by atoms with Gasteiger partial charge < -0.3 is 4.74 Å².